The number of hydrogen-bond donors (Lipinski definition) is 0. The van der Waals surface area contributed by atoms with Crippen LogP contribution < -0.4 is 14.2 Å². The van der Waals surface area contributed by atoms with E-state index >= 15 is 0 Å². The minimum absolute atomic E-state index is 0.0221. The summed E-state index contributed by atoms with van der Waals surface area (Å²) in [6, 6.07) is 9.30. The first-order valence-electron chi connectivity index (χ1n) is 8.75. The quantitative estimate of drug-likeness (QED) is 0.393. The Morgan fingerprint density at radius 2 is 1.76 bits per heavy atom. The van der Waals surface area contributed by atoms with Crippen molar-refractivity contribution in [2.45, 2.75) is 6.42 Å². The first kappa shape index (κ1) is 19.4. The van der Waals surface area contributed by atoms with Crippen LogP contribution in [0.3, 0.4) is 0 Å². The first-order chi connectivity index (χ1) is 14.1. The molecule has 0 aliphatic rings. The number of aromatic nitrogens is 2. The summed E-state index contributed by atoms with van der Waals surface area (Å²) in [5.41, 5.74) is 1.40. The lowest BCUT2D eigenvalue weighted by atomic mass is 10.1. The van der Waals surface area contributed by atoms with Crippen LogP contribution in [0.4, 0.5) is 0 Å². The molecule has 0 aliphatic heterocycles. The number of benzene rings is 1. The molecule has 4 rings (SSSR count). The number of thiophene rings is 1. The Hall–Kier alpha value is -2.97. The van der Waals surface area contributed by atoms with Gasteiger partial charge >= 0.3 is 0 Å². The van der Waals surface area contributed by atoms with Crippen molar-refractivity contribution < 1.29 is 19.0 Å². The summed E-state index contributed by atoms with van der Waals surface area (Å²) in [4.78, 5) is 23.6. The van der Waals surface area contributed by atoms with Crippen molar-refractivity contribution in [2.24, 2.45) is 0 Å². The molecule has 0 saturated carbocycles. The summed E-state index contributed by atoms with van der Waals surface area (Å²) in [5, 5.41) is 0.935. The number of ether oxygens (including phenoxy) is 3. The molecule has 1 aromatic carbocycles. The van der Waals surface area contributed by atoms with E-state index in [-0.39, 0.29) is 12.2 Å². The van der Waals surface area contributed by atoms with Crippen molar-refractivity contribution in [2.75, 3.05) is 21.3 Å². The van der Waals surface area contributed by atoms with Crippen LogP contribution in [0.5, 0.6) is 17.2 Å². The van der Waals surface area contributed by atoms with Gasteiger partial charge in [-0.3, -0.25) is 9.78 Å². The number of pyridine rings is 1. The Bertz CT molecular complexity index is 1120. The van der Waals surface area contributed by atoms with Crippen LogP contribution in [0, 0.1) is 0 Å². The minimum Gasteiger partial charge on any atom is -0.493 e. The SMILES string of the molecule is COc1cc(C(=O)Cc2ccc(-c3nc4cnccc4s3)s2)cc(OC)c1OC. The number of hydrogen-bond acceptors (Lipinski definition) is 8. The second kappa shape index (κ2) is 8.18. The maximum Gasteiger partial charge on any atom is 0.203 e. The van der Waals surface area contributed by atoms with E-state index in [0.717, 1.165) is 25.0 Å². The largest absolute Gasteiger partial charge is 0.493 e. The summed E-state index contributed by atoms with van der Waals surface area (Å²) in [6.07, 6.45) is 3.81. The molecular weight excluding hydrogens is 408 g/mol. The van der Waals surface area contributed by atoms with Gasteiger partial charge in [0.05, 0.1) is 37.1 Å². The molecule has 0 unspecified atom stereocenters. The summed E-state index contributed by atoms with van der Waals surface area (Å²) in [6.45, 7) is 0. The maximum atomic E-state index is 12.9. The average molecular weight is 427 g/mol. The zero-order valence-corrected chi connectivity index (χ0v) is 17.7. The van der Waals surface area contributed by atoms with Gasteiger partial charge in [0.1, 0.15) is 10.5 Å². The van der Waals surface area contributed by atoms with E-state index in [9.17, 15) is 4.79 Å². The molecule has 3 aromatic heterocycles. The molecule has 148 valence electrons. The highest BCUT2D eigenvalue weighted by Crippen LogP contribution is 2.39. The normalized spacial score (nSPS) is 10.9. The summed E-state index contributed by atoms with van der Waals surface area (Å²) < 4.78 is 17.1. The number of methoxy groups -OCH3 is 3. The maximum absolute atomic E-state index is 12.9. The zero-order chi connectivity index (χ0) is 20.4. The summed E-state index contributed by atoms with van der Waals surface area (Å²) >= 11 is 3.19. The van der Waals surface area contributed by atoms with Gasteiger partial charge in [-0.1, -0.05) is 0 Å². The van der Waals surface area contributed by atoms with Gasteiger partial charge in [-0.25, -0.2) is 4.98 Å². The van der Waals surface area contributed by atoms with Crippen molar-refractivity contribution in [3.05, 3.63) is 53.2 Å². The molecule has 0 spiro atoms. The number of carbonyl (C=O) groups excluding carboxylic acids is 1. The molecule has 0 atom stereocenters. The number of rotatable bonds is 7. The molecular formula is C21H18N2O4S2. The van der Waals surface area contributed by atoms with Crippen molar-refractivity contribution in [1.29, 1.82) is 0 Å². The molecule has 0 aliphatic carbocycles. The number of ketones is 1. The number of Topliss-reactive ketones (excluding diaryl/α,β-unsaturated/α-hetero) is 1. The van der Waals surface area contributed by atoms with Gasteiger partial charge in [-0.15, -0.1) is 22.7 Å². The Labute approximate surface area is 175 Å². The first-order valence-corrected chi connectivity index (χ1v) is 10.4. The molecule has 0 N–H and O–H groups in total. The average Bonchev–Trinajstić information content (AvgIpc) is 3.39. The number of fused-ring (bicyclic) bond motifs is 1. The Kier molecular flexibility index (Phi) is 5.46. The highest BCUT2D eigenvalue weighted by Gasteiger charge is 2.18. The molecule has 6 nitrogen and oxygen atoms in total. The van der Waals surface area contributed by atoms with Gasteiger partial charge in [-0.2, -0.15) is 0 Å². The second-order valence-corrected chi connectivity index (χ2v) is 8.34. The van der Waals surface area contributed by atoms with E-state index in [1.54, 1.807) is 47.2 Å². The van der Waals surface area contributed by atoms with Crippen LogP contribution in [-0.4, -0.2) is 37.1 Å². The van der Waals surface area contributed by atoms with Gasteiger partial charge < -0.3 is 14.2 Å². The van der Waals surface area contributed by atoms with Crippen LogP contribution in [-0.2, 0) is 6.42 Å². The minimum atomic E-state index is -0.0221. The third kappa shape index (κ3) is 3.81. The Morgan fingerprint density at radius 3 is 2.41 bits per heavy atom. The zero-order valence-electron chi connectivity index (χ0n) is 16.1. The molecule has 0 fully saturated rings. The monoisotopic (exact) mass is 426 g/mol. The molecule has 8 heteroatoms. The number of carbonyl (C=O) groups is 1. The predicted molar refractivity (Wildman–Crippen MR) is 115 cm³/mol. The number of nitrogens with zero attached hydrogens (tertiary/aromatic N) is 2. The topological polar surface area (TPSA) is 70.5 Å². The van der Waals surface area contributed by atoms with Crippen LogP contribution in [0.1, 0.15) is 15.2 Å². The van der Waals surface area contributed by atoms with E-state index in [4.69, 9.17) is 14.2 Å². The fourth-order valence-electron chi connectivity index (χ4n) is 2.98. The van der Waals surface area contributed by atoms with Gasteiger partial charge in [0.2, 0.25) is 5.75 Å². The van der Waals surface area contributed by atoms with Crippen LogP contribution in [0.25, 0.3) is 20.1 Å². The third-order valence-electron chi connectivity index (χ3n) is 4.38. The van der Waals surface area contributed by atoms with Crippen molar-refractivity contribution in [3.8, 4) is 27.1 Å². The molecule has 0 saturated heterocycles. The highest BCUT2D eigenvalue weighted by molar-refractivity contribution is 7.25. The molecule has 29 heavy (non-hydrogen) atoms. The fraction of sp³-hybridized carbons (Fsp3) is 0.190. The van der Waals surface area contributed by atoms with Gasteiger partial charge in [0.15, 0.2) is 17.3 Å². The number of thiazole rings is 1. The third-order valence-corrected chi connectivity index (χ3v) is 6.67. The Morgan fingerprint density at radius 1 is 1.00 bits per heavy atom. The molecule has 0 bridgehead atoms. The van der Waals surface area contributed by atoms with Crippen molar-refractivity contribution in [1.82, 2.24) is 9.97 Å². The second-order valence-electron chi connectivity index (χ2n) is 6.14. The van der Waals surface area contributed by atoms with E-state index in [0.29, 0.717) is 22.8 Å². The van der Waals surface area contributed by atoms with E-state index < -0.39 is 0 Å². The van der Waals surface area contributed by atoms with Crippen LogP contribution in [0.15, 0.2) is 42.7 Å². The predicted octanol–water partition coefficient (Wildman–Crippen LogP) is 4.87. The van der Waals surface area contributed by atoms with E-state index in [1.165, 1.54) is 21.3 Å². The highest BCUT2D eigenvalue weighted by atomic mass is 32.1. The van der Waals surface area contributed by atoms with Crippen LogP contribution >= 0.6 is 22.7 Å². The smallest absolute Gasteiger partial charge is 0.203 e. The van der Waals surface area contributed by atoms with Gasteiger partial charge in [-0.05, 0) is 30.3 Å². The lowest BCUT2D eigenvalue weighted by Crippen LogP contribution is -2.04. The summed E-state index contributed by atoms with van der Waals surface area (Å²) in [5.74, 6) is 1.37. The molecule has 0 amide bonds. The molecule has 3 heterocycles. The molecule has 0 radical (unpaired) electrons. The van der Waals surface area contributed by atoms with E-state index in [1.807, 2.05) is 18.2 Å². The van der Waals surface area contributed by atoms with Crippen LogP contribution in [0.2, 0.25) is 0 Å². The Balaban J connectivity index is 1.58. The molecule has 4 aromatic rings. The fourth-order valence-corrected chi connectivity index (χ4v) is 4.97. The summed E-state index contributed by atoms with van der Waals surface area (Å²) in [7, 11) is 4.60. The lowest BCUT2D eigenvalue weighted by Gasteiger charge is -2.13. The standard InChI is InChI=1S/C21H18N2O4S2/c1-25-16-8-12(9-17(26-2)20(16)27-3)15(24)10-13-4-5-19(28-13)21-23-14-11-22-7-6-18(14)29-21/h4-9,11H,10H2,1-3H3. The van der Waals surface area contributed by atoms with Crippen molar-refractivity contribution in [3.63, 3.8) is 0 Å². The van der Waals surface area contributed by atoms with Crippen molar-refractivity contribution >= 4 is 38.7 Å². The lowest BCUT2D eigenvalue weighted by molar-refractivity contribution is 0.0993. The van der Waals surface area contributed by atoms with E-state index in [2.05, 4.69) is 9.97 Å². The van der Waals surface area contributed by atoms with Gasteiger partial charge in [0.25, 0.3) is 0 Å². The van der Waals surface area contributed by atoms with Gasteiger partial charge in [0, 0.05) is 23.1 Å².